The van der Waals surface area contributed by atoms with Crippen LogP contribution in [0.3, 0.4) is 0 Å². The molecule has 0 atom stereocenters. The van der Waals surface area contributed by atoms with Gasteiger partial charge in [-0.15, -0.1) is 0 Å². The largest absolute Gasteiger partial charge is 0.208 e. The van der Waals surface area contributed by atoms with Gasteiger partial charge in [0.1, 0.15) is 0 Å². The first-order chi connectivity index (χ1) is 11.0. The van der Waals surface area contributed by atoms with E-state index in [9.17, 15) is 0 Å². The molecule has 0 bridgehead atoms. The molecule has 0 radical (unpaired) electrons. The van der Waals surface area contributed by atoms with Crippen molar-refractivity contribution in [3.05, 3.63) is 57.6 Å². The highest BCUT2D eigenvalue weighted by molar-refractivity contribution is 6.98. The normalized spacial score (nSPS) is 11.7. The Morgan fingerprint density at radius 1 is 0.625 bits per heavy atom. The van der Waals surface area contributed by atoms with Crippen LogP contribution in [-0.2, 0) is 0 Å². The van der Waals surface area contributed by atoms with Gasteiger partial charge in [-0.05, 0) is 41.5 Å². The summed E-state index contributed by atoms with van der Waals surface area (Å²) < 4.78 is 0. The zero-order chi connectivity index (χ0) is 18.2. The smallest absolute Gasteiger partial charge is 0.0700 e. The summed E-state index contributed by atoms with van der Waals surface area (Å²) in [6.45, 7) is 21.6. The third-order valence-corrected chi connectivity index (χ3v) is 6.62. The van der Waals surface area contributed by atoms with Crippen molar-refractivity contribution in [1.82, 2.24) is 0 Å². The van der Waals surface area contributed by atoms with Crippen molar-refractivity contribution in [2.45, 2.75) is 67.1 Å². The number of rotatable bonds is 4. The van der Waals surface area contributed by atoms with Crippen LogP contribution in [-0.4, -0.2) is 14.8 Å². The van der Waals surface area contributed by atoms with Crippen LogP contribution in [0, 0.1) is 41.5 Å². The Hall–Kier alpha value is -1.28. The monoisotopic (exact) mass is 336 g/mol. The number of benzene rings is 2. The van der Waals surface area contributed by atoms with Crippen LogP contribution in [0.5, 0.6) is 0 Å². The first-order valence-electron chi connectivity index (χ1n) is 9.15. The van der Waals surface area contributed by atoms with Gasteiger partial charge in [0.2, 0.25) is 6.71 Å². The molecule has 128 valence electrons. The Labute approximate surface area is 150 Å². The Balaban J connectivity index is 2.73. The number of hydrogen-bond donors (Lipinski definition) is 0. The first-order valence-corrected chi connectivity index (χ1v) is 12.9. The van der Waals surface area contributed by atoms with Crippen molar-refractivity contribution in [2.24, 2.45) is 0 Å². The molecular formula is C22H33BSi. The molecule has 2 aromatic carbocycles. The van der Waals surface area contributed by atoms with Crippen LogP contribution >= 0.6 is 0 Å². The van der Waals surface area contributed by atoms with Crippen LogP contribution in [0.15, 0.2) is 24.3 Å². The molecule has 24 heavy (non-hydrogen) atoms. The minimum atomic E-state index is -1.20. The standard InChI is InChI=1S/C22H33BSi/c1-15-10-17(3)21(18(4)11-15)23(14-24(7,8)9)22-19(5)12-16(2)13-20(22)6/h10-13H,14H2,1-9H3. The molecule has 0 spiro atoms. The van der Waals surface area contributed by atoms with Gasteiger partial charge in [0.15, 0.2) is 0 Å². The van der Waals surface area contributed by atoms with Crippen LogP contribution in [0.2, 0.25) is 25.6 Å². The van der Waals surface area contributed by atoms with E-state index >= 15 is 0 Å². The quantitative estimate of drug-likeness (QED) is 0.688. The van der Waals surface area contributed by atoms with Gasteiger partial charge in [0.05, 0.1) is 0 Å². The molecule has 0 N–H and O–H groups in total. The highest BCUT2D eigenvalue weighted by Gasteiger charge is 2.31. The molecule has 2 aromatic rings. The maximum atomic E-state index is 2.50. The fourth-order valence-electron chi connectivity index (χ4n) is 4.44. The summed E-state index contributed by atoms with van der Waals surface area (Å²) in [5.41, 5.74) is 11.7. The van der Waals surface area contributed by atoms with Gasteiger partial charge < -0.3 is 0 Å². The molecule has 2 rings (SSSR count). The second-order valence-corrected chi connectivity index (χ2v) is 14.5. The molecule has 2 heteroatoms. The Bertz CT molecular complexity index is 650. The molecule has 0 aliphatic rings. The molecule has 0 amide bonds. The lowest BCUT2D eigenvalue weighted by atomic mass is 9.39. The van der Waals surface area contributed by atoms with E-state index in [2.05, 4.69) is 85.4 Å². The van der Waals surface area contributed by atoms with E-state index < -0.39 is 8.07 Å². The second kappa shape index (κ2) is 6.92. The predicted octanol–water partition coefficient (Wildman–Crippen LogP) is 5.02. The summed E-state index contributed by atoms with van der Waals surface area (Å²) in [5.74, 6) is 1.31. The van der Waals surface area contributed by atoms with Crippen LogP contribution < -0.4 is 10.9 Å². The van der Waals surface area contributed by atoms with Crippen molar-refractivity contribution >= 4 is 25.7 Å². The summed E-state index contributed by atoms with van der Waals surface area (Å²) in [7, 11) is -1.20. The Kier molecular flexibility index (Phi) is 5.49. The zero-order valence-corrected chi connectivity index (χ0v) is 18.1. The zero-order valence-electron chi connectivity index (χ0n) is 17.1. The van der Waals surface area contributed by atoms with Gasteiger partial charge in [-0.25, -0.2) is 0 Å². The van der Waals surface area contributed by atoms with E-state index in [1.807, 2.05) is 0 Å². The van der Waals surface area contributed by atoms with Crippen molar-refractivity contribution in [3.8, 4) is 0 Å². The summed E-state index contributed by atoms with van der Waals surface area (Å²) in [6.07, 6.45) is 0. The SMILES string of the molecule is Cc1cc(C)c(B(C[Si](C)(C)C)c2c(C)cc(C)cc2C)c(C)c1. The third-order valence-electron chi connectivity index (χ3n) is 4.99. The van der Waals surface area contributed by atoms with E-state index in [0.717, 1.165) is 0 Å². The van der Waals surface area contributed by atoms with Gasteiger partial charge in [-0.2, -0.15) is 0 Å². The molecule has 0 fully saturated rings. The van der Waals surface area contributed by atoms with E-state index in [4.69, 9.17) is 0 Å². The molecule has 0 aliphatic carbocycles. The molecule has 0 saturated carbocycles. The summed E-state index contributed by atoms with van der Waals surface area (Å²) in [6, 6.07) is 9.44. The summed E-state index contributed by atoms with van der Waals surface area (Å²) in [5, 5.41) is 0. The van der Waals surface area contributed by atoms with Crippen LogP contribution in [0.25, 0.3) is 0 Å². The van der Waals surface area contributed by atoms with Gasteiger partial charge in [-0.1, -0.05) is 94.2 Å². The average molecular weight is 336 g/mol. The van der Waals surface area contributed by atoms with Gasteiger partial charge in [0.25, 0.3) is 0 Å². The van der Waals surface area contributed by atoms with Crippen LogP contribution in [0.1, 0.15) is 33.4 Å². The van der Waals surface area contributed by atoms with Gasteiger partial charge >= 0.3 is 0 Å². The van der Waals surface area contributed by atoms with E-state index in [1.54, 1.807) is 10.9 Å². The highest BCUT2D eigenvalue weighted by atomic mass is 28.3. The van der Waals surface area contributed by atoms with Crippen molar-refractivity contribution in [1.29, 1.82) is 0 Å². The lowest BCUT2D eigenvalue weighted by Gasteiger charge is -2.28. The highest BCUT2D eigenvalue weighted by Crippen LogP contribution is 2.18. The van der Waals surface area contributed by atoms with E-state index in [1.165, 1.54) is 39.3 Å². The molecular weight excluding hydrogens is 303 g/mol. The Morgan fingerprint density at radius 2 is 0.917 bits per heavy atom. The maximum absolute atomic E-state index is 2.50. The minimum Gasteiger partial charge on any atom is -0.0700 e. The molecule has 0 heterocycles. The van der Waals surface area contributed by atoms with Crippen LogP contribution in [0.4, 0.5) is 0 Å². The first kappa shape index (κ1) is 19.1. The Morgan fingerprint density at radius 3 is 1.17 bits per heavy atom. The summed E-state index contributed by atoms with van der Waals surface area (Å²) >= 11 is 0. The van der Waals surface area contributed by atoms with E-state index in [0.29, 0.717) is 6.71 Å². The average Bonchev–Trinajstić information content (AvgIpc) is 2.33. The van der Waals surface area contributed by atoms with Crippen molar-refractivity contribution in [2.75, 3.05) is 0 Å². The fourth-order valence-corrected chi connectivity index (χ4v) is 6.08. The van der Waals surface area contributed by atoms with Gasteiger partial charge in [0, 0.05) is 8.07 Å². The summed E-state index contributed by atoms with van der Waals surface area (Å²) in [4.78, 5) is 0. The fraction of sp³-hybridized carbons (Fsp3) is 0.455. The van der Waals surface area contributed by atoms with Crippen molar-refractivity contribution < 1.29 is 0 Å². The second-order valence-electron chi connectivity index (χ2n) is 8.94. The molecule has 0 saturated heterocycles. The maximum Gasteiger partial charge on any atom is 0.208 e. The number of hydrogen-bond acceptors (Lipinski definition) is 0. The minimum absolute atomic E-state index is 0.526. The molecule has 0 unspecified atom stereocenters. The lowest BCUT2D eigenvalue weighted by Crippen LogP contribution is -2.51. The van der Waals surface area contributed by atoms with Gasteiger partial charge in [-0.3, -0.25) is 0 Å². The molecule has 0 nitrogen and oxygen atoms in total. The molecule has 0 aliphatic heterocycles. The predicted molar refractivity (Wildman–Crippen MR) is 114 cm³/mol. The van der Waals surface area contributed by atoms with E-state index in [-0.39, 0.29) is 0 Å². The third kappa shape index (κ3) is 4.22. The lowest BCUT2D eigenvalue weighted by molar-refractivity contribution is 1.33. The number of aryl methyl sites for hydroxylation is 6. The van der Waals surface area contributed by atoms with Crippen molar-refractivity contribution in [3.63, 3.8) is 0 Å². The topological polar surface area (TPSA) is 0 Å². The molecule has 0 aromatic heterocycles.